The minimum Gasteiger partial charge on any atom is -0.465 e. The van der Waals surface area contributed by atoms with Gasteiger partial charge in [0.2, 0.25) is 0 Å². The summed E-state index contributed by atoms with van der Waals surface area (Å²) < 4.78 is 11.8. The number of nitrogens with zero attached hydrogens (tertiary/aromatic N) is 2. The Morgan fingerprint density at radius 1 is 1.14 bits per heavy atom. The lowest BCUT2D eigenvalue weighted by Gasteiger charge is -2.50. The fourth-order valence-electron chi connectivity index (χ4n) is 6.82. The van der Waals surface area contributed by atoms with E-state index in [0.29, 0.717) is 65.5 Å². The van der Waals surface area contributed by atoms with E-state index in [1.54, 1.807) is 12.0 Å². The van der Waals surface area contributed by atoms with E-state index in [9.17, 15) is 14.4 Å². The fraction of sp³-hybridized carbons (Fsp3) is 0.486. The van der Waals surface area contributed by atoms with Gasteiger partial charge in [0.25, 0.3) is 5.91 Å². The zero-order chi connectivity index (χ0) is 30.6. The number of ketones is 2. The quantitative estimate of drug-likeness (QED) is 0.277. The van der Waals surface area contributed by atoms with Gasteiger partial charge in [-0.15, -0.1) is 0 Å². The van der Waals surface area contributed by atoms with Crippen LogP contribution in [0.15, 0.2) is 64.7 Å². The number of Topliss-reactive ketones (excluding diaryl/α,β-unsaturated/α-hetero) is 2. The Kier molecular flexibility index (Phi) is 7.77. The highest BCUT2D eigenvalue weighted by atomic mass is 16.5. The molecule has 1 amide bonds. The second-order valence-corrected chi connectivity index (χ2v) is 13.0. The molecule has 5 rings (SSSR count). The molecule has 0 radical (unpaired) electrons. The molecule has 7 heteroatoms. The van der Waals surface area contributed by atoms with E-state index in [-0.39, 0.29) is 22.9 Å². The number of ether oxygens (including phenoxy) is 2. The molecule has 0 bridgehead atoms. The number of carbonyl (C=O) groups excluding carboxylic acids is 3. The summed E-state index contributed by atoms with van der Waals surface area (Å²) in [5, 5.41) is 0. The minimum absolute atomic E-state index is 0.0291. The van der Waals surface area contributed by atoms with E-state index < -0.39 is 11.5 Å². The third-order valence-corrected chi connectivity index (χ3v) is 9.73. The first-order valence-electron chi connectivity index (χ1n) is 14.8. The number of amides is 1. The van der Waals surface area contributed by atoms with Crippen molar-refractivity contribution in [2.45, 2.75) is 78.7 Å². The Hall–Kier alpha value is -3.58. The van der Waals surface area contributed by atoms with Gasteiger partial charge in [0, 0.05) is 62.9 Å². The average Bonchev–Trinajstić information content (AvgIpc) is 2.91. The molecule has 0 N–H and O–H groups in total. The first kappa shape index (κ1) is 29.9. The molecule has 1 atom stereocenters. The van der Waals surface area contributed by atoms with E-state index >= 15 is 0 Å². The molecule has 222 valence electrons. The van der Waals surface area contributed by atoms with Gasteiger partial charge < -0.3 is 14.4 Å². The predicted molar refractivity (Wildman–Crippen MR) is 162 cm³/mol. The van der Waals surface area contributed by atoms with E-state index in [1.165, 1.54) is 6.92 Å². The van der Waals surface area contributed by atoms with E-state index in [4.69, 9.17) is 14.5 Å². The standard InChI is InChI=1S/C35H42N2O5/c1-20-12-13-25(36-32(20)23(4)38)24(11-9-16-41-8)21(2)22(3)29-30-26(39)17-35(14-10-15-35)19-28(30)42-27-18-34(5,6)37(7)33(40)31(27)29/h9,11-13,29H,3,10,14-19H2,1-2,4-8H3/b11-9-,24-21+/t29-/m1/s1. The number of likely N-dealkylation sites (N-methyl/N-ethyl adjacent to an activating group) is 1. The van der Waals surface area contributed by atoms with Crippen molar-refractivity contribution in [1.29, 1.82) is 0 Å². The first-order valence-corrected chi connectivity index (χ1v) is 14.8. The van der Waals surface area contributed by atoms with Crippen molar-refractivity contribution < 1.29 is 23.9 Å². The van der Waals surface area contributed by atoms with Gasteiger partial charge in [-0.25, -0.2) is 4.98 Å². The molecule has 42 heavy (non-hydrogen) atoms. The zero-order valence-corrected chi connectivity index (χ0v) is 26.0. The molecule has 1 saturated carbocycles. The van der Waals surface area contributed by atoms with Crippen molar-refractivity contribution in [3.05, 3.63) is 81.6 Å². The number of carbonyl (C=O) groups is 3. The van der Waals surface area contributed by atoms with Crippen LogP contribution in [0.1, 0.15) is 88.0 Å². The van der Waals surface area contributed by atoms with Crippen LogP contribution in [0, 0.1) is 18.3 Å². The number of pyridine rings is 1. The van der Waals surface area contributed by atoms with Crippen molar-refractivity contribution in [2.24, 2.45) is 11.3 Å². The van der Waals surface area contributed by atoms with Crippen LogP contribution in [0.4, 0.5) is 0 Å². The minimum atomic E-state index is -0.622. The number of aromatic nitrogens is 1. The molecule has 4 aliphatic rings. The van der Waals surface area contributed by atoms with Crippen LogP contribution in [0.2, 0.25) is 0 Å². The number of methoxy groups -OCH3 is 1. The van der Waals surface area contributed by atoms with Gasteiger partial charge in [0.1, 0.15) is 17.2 Å². The Labute approximate surface area is 249 Å². The van der Waals surface area contributed by atoms with Crippen molar-refractivity contribution in [3.63, 3.8) is 0 Å². The number of hydrogen-bond donors (Lipinski definition) is 0. The maximum Gasteiger partial charge on any atom is 0.254 e. The molecule has 1 spiro atoms. The van der Waals surface area contributed by atoms with Crippen LogP contribution in [-0.4, -0.2) is 53.7 Å². The number of allylic oxidation sites excluding steroid dienone is 6. The molecular weight excluding hydrogens is 528 g/mol. The molecule has 1 aromatic rings. The monoisotopic (exact) mass is 570 g/mol. The summed E-state index contributed by atoms with van der Waals surface area (Å²) in [4.78, 5) is 46.8. The fourth-order valence-corrected chi connectivity index (χ4v) is 6.82. The van der Waals surface area contributed by atoms with Crippen LogP contribution in [0.5, 0.6) is 0 Å². The molecule has 0 unspecified atom stereocenters. The average molecular weight is 571 g/mol. The third-order valence-electron chi connectivity index (χ3n) is 9.73. The molecule has 1 aromatic heterocycles. The van der Waals surface area contributed by atoms with Gasteiger partial charge in [-0.2, -0.15) is 0 Å². The van der Waals surface area contributed by atoms with Gasteiger partial charge in [-0.05, 0) is 68.7 Å². The second-order valence-electron chi connectivity index (χ2n) is 13.0. The summed E-state index contributed by atoms with van der Waals surface area (Å²) in [6, 6.07) is 3.78. The van der Waals surface area contributed by atoms with Crippen LogP contribution < -0.4 is 0 Å². The molecular formula is C35H42N2O5. The largest absolute Gasteiger partial charge is 0.465 e. The van der Waals surface area contributed by atoms with Crippen LogP contribution in [0.3, 0.4) is 0 Å². The molecule has 0 aromatic carbocycles. The van der Waals surface area contributed by atoms with Crippen molar-refractivity contribution >= 4 is 23.0 Å². The van der Waals surface area contributed by atoms with Gasteiger partial charge in [0.05, 0.1) is 17.9 Å². The van der Waals surface area contributed by atoms with Crippen molar-refractivity contribution in [1.82, 2.24) is 9.88 Å². The summed E-state index contributed by atoms with van der Waals surface area (Å²) in [5.74, 6) is 0.520. The molecule has 2 aliphatic heterocycles. The lowest BCUT2D eigenvalue weighted by molar-refractivity contribution is -0.133. The third kappa shape index (κ3) is 5.02. The highest BCUT2D eigenvalue weighted by Gasteiger charge is 2.52. The lowest BCUT2D eigenvalue weighted by atomic mass is 9.58. The normalized spacial score (nSPS) is 23.4. The number of rotatable bonds is 7. The predicted octanol–water partition coefficient (Wildman–Crippen LogP) is 6.45. The van der Waals surface area contributed by atoms with Gasteiger partial charge in [0.15, 0.2) is 11.6 Å². The number of aryl methyl sites for hydroxylation is 1. The van der Waals surface area contributed by atoms with E-state index in [1.807, 2.05) is 59.0 Å². The second kappa shape index (κ2) is 10.9. The maximum atomic E-state index is 14.0. The van der Waals surface area contributed by atoms with Gasteiger partial charge >= 0.3 is 0 Å². The van der Waals surface area contributed by atoms with E-state index in [0.717, 1.165) is 36.0 Å². The molecule has 7 nitrogen and oxygen atoms in total. The highest BCUT2D eigenvalue weighted by Crippen LogP contribution is 2.57. The van der Waals surface area contributed by atoms with Crippen molar-refractivity contribution in [2.75, 3.05) is 20.8 Å². The summed E-state index contributed by atoms with van der Waals surface area (Å²) >= 11 is 0. The molecule has 1 fully saturated rings. The van der Waals surface area contributed by atoms with Gasteiger partial charge in [-0.3, -0.25) is 14.4 Å². The zero-order valence-electron chi connectivity index (χ0n) is 26.0. The molecule has 0 saturated heterocycles. The molecule has 2 aliphatic carbocycles. The lowest BCUT2D eigenvalue weighted by Crippen LogP contribution is -2.52. The Balaban J connectivity index is 1.69. The summed E-state index contributed by atoms with van der Waals surface area (Å²) in [5.41, 5.74) is 4.63. The Bertz CT molecular complexity index is 1520. The Morgan fingerprint density at radius 2 is 1.83 bits per heavy atom. The van der Waals surface area contributed by atoms with Crippen LogP contribution in [0.25, 0.3) is 5.57 Å². The molecule has 3 heterocycles. The summed E-state index contributed by atoms with van der Waals surface area (Å²) in [6.07, 6.45) is 8.71. The Morgan fingerprint density at radius 3 is 2.45 bits per heavy atom. The summed E-state index contributed by atoms with van der Waals surface area (Å²) in [7, 11) is 3.43. The SMILES string of the molecule is C=C(/C(C)=C(\C=C/COC)c1ccc(C)c(C(C)=O)n1)[C@@H]1C2=C(CC3(CCC3)CC2=O)OC2=C1C(=O)N(C)C(C)(C)C2. The maximum absolute atomic E-state index is 14.0. The summed E-state index contributed by atoms with van der Waals surface area (Å²) in [6.45, 7) is 14.3. The van der Waals surface area contributed by atoms with Crippen LogP contribution in [-0.2, 0) is 19.1 Å². The van der Waals surface area contributed by atoms with Crippen molar-refractivity contribution in [3.8, 4) is 0 Å². The van der Waals surface area contributed by atoms with Gasteiger partial charge in [-0.1, -0.05) is 31.2 Å². The smallest absolute Gasteiger partial charge is 0.254 e. The highest BCUT2D eigenvalue weighted by molar-refractivity contribution is 6.05. The first-order chi connectivity index (χ1) is 19.8. The number of hydrogen-bond acceptors (Lipinski definition) is 6. The van der Waals surface area contributed by atoms with Crippen LogP contribution >= 0.6 is 0 Å². The topological polar surface area (TPSA) is 85.8 Å². The van der Waals surface area contributed by atoms with E-state index in [2.05, 4.69) is 6.58 Å².